The highest BCUT2D eigenvalue weighted by atomic mass is 32.2. The van der Waals surface area contributed by atoms with Gasteiger partial charge in [0.05, 0.1) is 15.8 Å². The van der Waals surface area contributed by atoms with Crippen LogP contribution in [0.2, 0.25) is 0 Å². The van der Waals surface area contributed by atoms with E-state index in [4.69, 9.17) is 5.14 Å². The number of benzene rings is 2. The van der Waals surface area contributed by atoms with Crippen LogP contribution < -0.4 is 15.8 Å². The van der Waals surface area contributed by atoms with Gasteiger partial charge in [0.25, 0.3) is 0 Å². The van der Waals surface area contributed by atoms with E-state index in [0.29, 0.717) is 11.3 Å². The monoisotopic (exact) mass is 405 g/mol. The van der Waals surface area contributed by atoms with E-state index < -0.39 is 15.3 Å². The second-order valence-corrected chi connectivity index (χ2v) is 9.11. The third-order valence-electron chi connectivity index (χ3n) is 4.32. The normalized spacial score (nSPS) is 16.4. The van der Waals surface area contributed by atoms with E-state index in [1.54, 1.807) is 19.9 Å². The second kappa shape index (κ2) is 7.34. The zero-order chi connectivity index (χ0) is 19.8. The Morgan fingerprint density at radius 3 is 2.67 bits per heavy atom. The predicted molar refractivity (Wildman–Crippen MR) is 105 cm³/mol. The first-order valence-corrected chi connectivity index (χ1v) is 10.6. The number of aryl methyl sites for hydroxylation is 1. The molecule has 142 valence electrons. The fourth-order valence-corrected chi connectivity index (χ4v) is 4.45. The van der Waals surface area contributed by atoms with Gasteiger partial charge in [-0.05, 0) is 49.2 Å². The smallest absolute Gasteiger partial charge is 0.238 e. The van der Waals surface area contributed by atoms with Crippen LogP contribution in [0.15, 0.2) is 46.2 Å². The molecule has 0 aromatic heterocycles. The quantitative estimate of drug-likeness (QED) is 0.722. The van der Waals surface area contributed by atoms with E-state index in [1.807, 2.05) is 18.2 Å². The molecule has 2 amide bonds. The number of hydrogen-bond donors (Lipinski definition) is 3. The Labute approximate surface area is 161 Å². The molecule has 3 rings (SSSR count). The highest BCUT2D eigenvalue weighted by molar-refractivity contribution is 8.01. The number of amides is 2. The van der Waals surface area contributed by atoms with E-state index in [1.165, 1.54) is 23.9 Å². The molecule has 0 aliphatic carbocycles. The van der Waals surface area contributed by atoms with Crippen molar-refractivity contribution in [3.05, 3.63) is 47.5 Å². The van der Waals surface area contributed by atoms with Gasteiger partial charge in [-0.1, -0.05) is 12.1 Å². The molecule has 0 saturated carbocycles. The number of sulfonamides is 1. The summed E-state index contributed by atoms with van der Waals surface area (Å²) in [5, 5.41) is 10.1. The third kappa shape index (κ3) is 4.32. The molecule has 0 unspecified atom stereocenters. The van der Waals surface area contributed by atoms with Gasteiger partial charge in [-0.15, -0.1) is 11.8 Å². The highest BCUT2D eigenvalue weighted by Crippen LogP contribution is 2.36. The summed E-state index contributed by atoms with van der Waals surface area (Å²) in [5.74, 6) is -0.615. The first-order valence-electron chi connectivity index (χ1n) is 8.15. The van der Waals surface area contributed by atoms with Crippen molar-refractivity contribution in [1.29, 1.82) is 0 Å². The minimum Gasteiger partial charge on any atom is -0.326 e. The Morgan fingerprint density at radius 2 is 1.96 bits per heavy atom. The molecule has 0 radical (unpaired) electrons. The predicted octanol–water partition coefficient (Wildman–Crippen LogP) is 2.39. The molecule has 2 aromatic carbocycles. The van der Waals surface area contributed by atoms with Crippen LogP contribution >= 0.6 is 11.8 Å². The Bertz CT molecular complexity index is 1030. The van der Waals surface area contributed by atoms with Crippen LogP contribution in [0, 0.1) is 13.8 Å². The zero-order valence-corrected chi connectivity index (χ0v) is 16.4. The number of nitrogens with two attached hydrogens (primary N) is 1. The number of fused-ring (bicyclic) bond motifs is 1. The Kier molecular flexibility index (Phi) is 5.27. The number of para-hydroxylation sites is 1. The second-order valence-electron chi connectivity index (χ2n) is 6.30. The first-order chi connectivity index (χ1) is 12.6. The van der Waals surface area contributed by atoms with E-state index in [9.17, 15) is 18.0 Å². The molecule has 7 nitrogen and oxygen atoms in total. The van der Waals surface area contributed by atoms with Crippen LogP contribution in [0.3, 0.4) is 0 Å². The van der Waals surface area contributed by atoms with Gasteiger partial charge in [0.2, 0.25) is 21.8 Å². The molecule has 0 bridgehead atoms. The molecule has 0 fully saturated rings. The molecule has 1 aliphatic heterocycles. The molecule has 1 atom stereocenters. The van der Waals surface area contributed by atoms with Crippen molar-refractivity contribution in [3.63, 3.8) is 0 Å². The van der Waals surface area contributed by atoms with Crippen LogP contribution in [0.5, 0.6) is 0 Å². The summed E-state index contributed by atoms with van der Waals surface area (Å²) in [6.07, 6.45) is -0.0388. The van der Waals surface area contributed by atoms with Crippen molar-refractivity contribution in [1.82, 2.24) is 0 Å². The van der Waals surface area contributed by atoms with Crippen molar-refractivity contribution in [3.8, 4) is 0 Å². The summed E-state index contributed by atoms with van der Waals surface area (Å²) in [4.78, 5) is 25.6. The molecule has 1 heterocycles. The maximum atomic E-state index is 12.5. The molecule has 4 N–H and O–H groups in total. The summed E-state index contributed by atoms with van der Waals surface area (Å²) in [7, 11) is -3.89. The van der Waals surface area contributed by atoms with Gasteiger partial charge in [0.1, 0.15) is 0 Å². The Hall–Kier alpha value is -2.36. The van der Waals surface area contributed by atoms with Gasteiger partial charge >= 0.3 is 0 Å². The SMILES string of the molecule is Cc1cc(S(N)(=O)=O)cc(NC(=O)C[C@H]2Sc3ccccc3NC2=O)c1C. The number of carbonyl (C=O) groups is 2. The topological polar surface area (TPSA) is 118 Å². The molecule has 1 aliphatic rings. The Morgan fingerprint density at radius 1 is 1.26 bits per heavy atom. The zero-order valence-electron chi connectivity index (χ0n) is 14.8. The highest BCUT2D eigenvalue weighted by Gasteiger charge is 2.29. The molecule has 9 heteroatoms. The number of hydrogen-bond acceptors (Lipinski definition) is 5. The van der Waals surface area contributed by atoms with Crippen LogP contribution in [0.4, 0.5) is 11.4 Å². The maximum Gasteiger partial charge on any atom is 0.238 e. The minimum atomic E-state index is -3.89. The van der Waals surface area contributed by atoms with Crippen molar-refractivity contribution in [2.75, 3.05) is 10.6 Å². The van der Waals surface area contributed by atoms with Crippen molar-refractivity contribution < 1.29 is 18.0 Å². The van der Waals surface area contributed by atoms with E-state index >= 15 is 0 Å². The van der Waals surface area contributed by atoms with Gasteiger partial charge in [-0.25, -0.2) is 13.6 Å². The number of thioether (sulfide) groups is 1. The first kappa shape index (κ1) is 19.4. The van der Waals surface area contributed by atoms with Crippen molar-refractivity contribution >= 4 is 45.0 Å². The molecular formula is C18H19N3O4S2. The van der Waals surface area contributed by atoms with Crippen molar-refractivity contribution in [2.24, 2.45) is 5.14 Å². The molecule has 27 heavy (non-hydrogen) atoms. The number of rotatable bonds is 4. The summed E-state index contributed by atoms with van der Waals surface area (Å²) >= 11 is 1.33. The maximum absolute atomic E-state index is 12.5. The van der Waals surface area contributed by atoms with Gasteiger partial charge in [0.15, 0.2) is 0 Å². The number of anilines is 2. The lowest BCUT2D eigenvalue weighted by Gasteiger charge is -2.23. The number of primary sulfonamides is 1. The molecular weight excluding hydrogens is 386 g/mol. The van der Waals surface area contributed by atoms with Crippen LogP contribution in [-0.4, -0.2) is 25.5 Å². The van der Waals surface area contributed by atoms with Gasteiger partial charge in [0, 0.05) is 17.0 Å². The lowest BCUT2D eigenvalue weighted by Crippen LogP contribution is -2.32. The molecule has 0 saturated heterocycles. The van der Waals surface area contributed by atoms with E-state index in [-0.39, 0.29) is 23.1 Å². The average molecular weight is 406 g/mol. The average Bonchev–Trinajstić information content (AvgIpc) is 2.58. The lowest BCUT2D eigenvalue weighted by molar-refractivity contribution is -0.120. The minimum absolute atomic E-state index is 0.0388. The lowest BCUT2D eigenvalue weighted by atomic mass is 10.1. The molecule has 2 aromatic rings. The van der Waals surface area contributed by atoms with Crippen LogP contribution in [0.1, 0.15) is 17.5 Å². The fourth-order valence-electron chi connectivity index (χ4n) is 2.72. The van der Waals surface area contributed by atoms with Gasteiger partial charge in [-0.2, -0.15) is 0 Å². The van der Waals surface area contributed by atoms with Gasteiger partial charge < -0.3 is 10.6 Å². The summed E-state index contributed by atoms with van der Waals surface area (Å²) in [5.41, 5.74) is 2.53. The van der Waals surface area contributed by atoms with E-state index in [2.05, 4.69) is 10.6 Å². The summed E-state index contributed by atoms with van der Waals surface area (Å²) in [6, 6.07) is 10.2. The third-order valence-corrected chi connectivity index (χ3v) is 6.49. The largest absolute Gasteiger partial charge is 0.326 e. The number of nitrogens with one attached hydrogen (secondary N) is 2. The fraction of sp³-hybridized carbons (Fsp3) is 0.222. The van der Waals surface area contributed by atoms with Crippen molar-refractivity contribution in [2.45, 2.75) is 35.3 Å². The summed E-state index contributed by atoms with van der Waals surface area (Å²) < 4.78 is 23.2. The number of carbonyl (C=O) groups excluding carboxylic acids is 2. The van der Waals surface area contributed by atoms with Crippen LogP contribution in [0.25, 0.3) is 0 Å². The van der Waals surface area contributed by atoms with E-state index in [0.717, 1.165) is 16.1 Å². The summed E-state index contributed by atoms with van der Waals surface area (Å²) in [6.45, 7) is 3.51. The Balaban J connectivity index is 1.77. The molecule has 0 spiro atoms. The standard InChI is InChI=1S/C18H19N3O4S2/c1-10-7-12(27(19,24)25)8-14(11(10)2)20-17(22)9-16-18(23)21-13-5-3-4-6-15(13)26-16/h3-8,16H,9H2,1-2H3,(H,20,22)(H,21,23)(H2,19,24,25)/t16-/m1/s1. The van der Waals surface area contributed by atoms with Crippen LogP contribution in [-0.2, 0) is 19.6 Å². The van der Waals surface area contributed by atoms with Gasteiger partial charge in [-0.3, -0.25) is 9.59 Å².